The van der Waals surface area contributed by atoms with Gasteiger partial charge in [-0.05, 0) is 43.7 Å². The number of hydrogen-bond acceptors (Lipinski definition) is 2. The Bertz CT molecular complexity index is 600. The van der Waals surface area contributed by atoms with E-state index in [1.807, 2.05) is 38.1 Å². The Morgan fingerprint density at radius 2 is 1.71 bits per heavy atom. The van der Waals surface area contributed by atoms with Gasteiger partial charge in [0.1, 0.15) is 11.6 Å². The molecule has 0 aliphatic rings. The zero-order valence-corrected chi connectivity index (χ0v) is 13.1. The van der Waals surface area contributed by atoms with E-state index in [1.54, 1.807) is 19.2 Å². The number of ether oxygens (including phenoxy) is 1. The van der Waals surface area contributed by atoms with Gasteiger partial charge in [-0.15, -0.1) is 0 Å². The smallest absolute Gasteiger partial charge is 0.131 e. The molecule has 0 amide bonds. The van der Waals surface area contributed by atoms with Crippen LogP contribution in [0.2, 0.25) is 5.02 Å². The largest absolute Gasteiger partial charge is 0.496 e. The molecule has 0 saturated heterocycles. The molecule has 0 radical (unpaired) electrons. The standard InChI is InChI=1S/C17H19ClFNO/c1-11(13-7-9-14(18)10-8-13)20-12(2)17-15(19)5-4-6-16(17)21-3/h4-12,20H,1-3H3. The normalized spacial score (nSPS) is 13.8. The molecule has 1 N–H and O–H groups in total. The number of benzene rings is 2. The number of methoxy groups -OCH3 is 1. The molecule has 21 heavy (non-hydrogen) atoms. The Balaban J connectivity index is 2.18. The lowest BCUT2D eigenvalue weighted by Gasteiger charge is -2.22. The van der Waals surface area contributed by atoms with Gasteiger partial charge in [-0.25, -0.2) is 4.39 Å². The molecular weight excluding hydrogens is 289 g/mol. The monoisotopic (exact) mass is 307 g/mol. The quantitative estimate of drug-likeness (QED) is 0.848. The van der Waals surface area contributed by atoms with E-state index < -0.39 is 0 Å². The van der Waals surface area contributed by atoms with Gasteiger partial charge in [0.15, 0.2) is 0 Å². The average Bonchev–Trinajstić information content (AvgIpc) is 2.47. The maximum Gasteiger partial charge on any atom is 0.131 e. The molecule has 0 aliphatic heterocycles. The predicted molar refractivity (Wildman–Crippen MR) is 84.4 cm³/mol. The van der Waals surface area contributed by atoms with Gasteiger partial charge in [0.25, 0.3) is 0 Å². The van der Waals surface area contributed by atoms with Crippen molar-refractivity contribution in [1.82, 2.24) is 5.32 Å². The minimum atomic E-state index is -0.266. The summed E-state index contributed by atoms with van der Waals surface area (Å²) in [4.78, 5) is 0. The number of nitrogens with one attached hydrogen (secondary N) is 1. The van der Waals surface area contributed by atoms with Gasteiger partial charge in [-0.1, -0.05) is 29.8 Å². The summed E-state index contributed by atoms with van der Waals surface area (Å²) in [6.45, 7) is 3.96. The number of halogens is 2. The molecule has 0 aliphatic carbocycles. The van der Waals surface area contributed by atoms with Crippen LogP contribution in [0.1, 0.15) is 37.1 Å². The minimum Gasteiger partial charge on any atom is -0.496 e. The lowest BCUT2D eigenvalue weighted by atomic mass is 10.0. The van der Waals surface area contributed by atoms with Crippen molar-refractivity contribution in [1.29, 1.82) is 0 Å². The Morgan fingerprint density at radius 1 is 1.05 bits per heavy atom. The molecule has 2 aromatic rings. The van der Waals surface area contributed by atoms with Crippen LogP contribution in [-0.4, -0.2) is 7.11 Å². The second kappa shape index (κ2) is 6.92. The lowest BCUT2D eigenvalue weighted by Crippen LogP contribution is -2.23. The van der Waals surface area contributed by atoms with Crippen molar-refractivity contribution >= 4 is 11.6 Å². The van der Waals surface area contributed by atoms with Gasteiger partial charge in [0.2, 0.25) is 0 Å². The highest BCUT2D eigenvalue weighted by Gasteiger charge is 2.18. The van der Waals surface area contributed by atoms with E-state index in [-0.39, 0.29) is 17.9 Å². The summed E-state index contributed by atoms with van der Waals surface area (Å²) in [5, 5.41) is 4.09. The van der Waals surface area contributed by atoms with Gasteiger partial charge in [0.05, 0.1) is 7.11 Å². The third-order valence-corrected chi connectivity index (χ3v) is 3.79. The second-order valence-corrected chi connectivity index (χ2v) is 5.45. The van der Waals surface area contributed by atoms with E-state index in [0.29, 0.717) is 16.3 Å². The molecule has 0 aromatic heterocycles. The van der Waals surface area contributed by atoms with E-state index >= 15 is 0 Å². The molecule has 0 spiro atoms. The van der Waals surface area contributed by atoms with Crippen molar-refractivity contribution in [3.63, 3.8) is 0 Å². The van der Waals surface area contributed by atoms with Crippen LogP contribution in [0.25, 0.3) is 0 Å². The van der Waals surface area contributed by atoms with Crippen LogP contribution in [0, 0.1) is 5.82 Å². The first-order valence-corrected chi connectivity index (χ1v) is 7.24. The van der Waals surface area contributed by atoms with Crippen LogP contribution in [0.5, 0.6) is 5.75 Å². The van der Waals surface area contributed by atoms with Gasteiger partial charge in [-0.3, -0.25) is 0 Å². The van der Waals surface area contributed by atoms with E-state index in [0.717, 1.165) is 5.56 Å². The molecule has 4 heteroatoms. The third kappa shape index (κ3) is 3.74. The van der Waals surface area contributed by atoms with Crippen LogP contribution in [0.15, 0.2) is 42.5 Å². The molecule has 0 heterocycles. The summed E-state index contributed by atoms with van der Waals surface area (Å²) >= 11 is 5.89. The summed E-state index contributed by atoms with van der Waals surface area (Å²) in [5.74, 6) is 0.288. The van der Waals surface area contributed by atoms with Gasteiger partial charge >= 0.3 is 0 Å². The molecular formula is C17H19ClFNO. The van der Waals surface area contributed by atoms with Crippen molar-refractivity contribution in [2.24, 2.45) is 0 Å². The molecule has 0 fully saturated rings. The van der Waals surface area contributed by atoms with E-state index in [1.165, 1.54) is 6.07 Å². The third-order valence-electron chi connectivity index (χ3n) is 3.54. The van der Waals surface area contributed by atoms with Crippen molar-refractivity contribution in [3.05, 3.63) is 64.4 Å². The summed E-state index contributed by atoms with van der Waals surface area (Å²) in [6, 6.07) is 12.4. The Morgan fingerprint density at radius 3 is 2.33 bits per heavy atom. The van der Waals surface area contributed by atoms with Gasteiger partial charge < -0.3 is 10.1 Å². The highest BCUT2D eigenvalue weighted by molar-refractivity contribution is 6.30. The Hall–Kier alpha value is -1.58. The molecule has 2 aromatic carbocycles. The fourth-order valence-corrected chi connectivity index (χ4v) is 2.55. The first-order valence-electron chi connectivity index (χ1n) is 6.87. The zero-order chi connectivity index (χ0) is 15.4. The summed E-state index contributed by atoms with van der Waals surface area (Å²) in [7, 11) is 1.55. The first kappa shape index (κ1) is 15.8. The first-order chi connectivity index (χ1) is 10.0. The zero-order valence-electron chi connectivity index (χ0n) is 12.4. The van der Waals surface area contributed by atoms with E-state index in [9.17, 15) is 4.39 Å². The Labute approximate surface area is 129 Å². The SMILES string of the molecule is COc1cccc(F)c1C(C)NC(C)c1ccc(Cl)cc1. The predicted octanol–water partition coefficient (Wildman–Crippen LogP) is 4.90. The maximum atomic E-state index is 14.1. The molecule has 2 nitrogen and oxygen atoms in total. The molecule has 2 rings (SSSR count). The van der Waals surface area contributed by atoms with Crippen molar-refractivity contribution < 1.29 is 9.13 Å². The molecule has 2 atom stereocenters. The van der Waals surface area contributed by atoms with Gasteiger partial charge in [-0.2, -0.15) is 0 Å². The van der Waals surface area contributed by atoms with Gasteiger partial charge in [0, 0.05) is 22.7 Å². The van der Waals surface area contributed by atoms with Crippen LogP contribution in [0.4, 0.5) is 4.39 Å². The fraction of sp³-hybridized carbons (Fsp3) is 0.294. The van der Waals surface area contributed by atoms with E-state index in [4.69, 9.17) is 16.3 Å². The Kier molecular flexibility index (Phi) is 5.21. The van der Waals surface area contributed by atoms with Crippen LogP contribution in [-0.2, 0) is 0 Å². The molecule has 2 unspecified atom stereocenters. The summed E-state index contributed by atoms with van der Waals surface area (Å²) in [6.07, 6.45) is 0. The highest BCUT2D eigenvalue weighted by atomic mass is 35.5. The fourth-order valence-electron chi connectivity index (χ4n) is 2.42. The van der Waals surface area contributed by atoms with Crippen molar-refractivity contribution in [2.45, 2.75) is 25.9 Å². The highest BCUT2D eigenvalue weighted by Crippen LogP contribution is 2.29. The maximum absolute atomic E-state index is 14.1. The number of rotatable bonds is 5. The molecule has 0 saturated carbocycles. The molecule has 0 bridgehead atoms. The topological polar surface area (TPSA) is 21.3 Å². The minimum absolute atomic E-state index is 0.0709. The van der Waals surface area contributed by atoms with E-state index in [2.05, 4.69) is 5.32 Å². The van der Waals surface area contributed by atoms with Crippen molar-refractivity contribution in [2.75, 3.05) is 7.11 Å². The van der Waals surface area contributed by atoms with Crippen molar-refractivity contribution in [3.8, 4) is 5.75 Å². The average molecular weight is 308 g/mol. The second-order valence-electron chi connectivity index (χ2n) is 5.02. The molecule has 112 valence electrons. The number of hydrogen-bond donors (Lipinski definition) is 1. The summed E-state index contributed by atoms with van der Waals surface area (Å²) in [5.41, 5.74) is 1.64. The van der Waals surface area contributed by atoms with Crippen LogP contribution in [0.3, 0.4) is 0 Å². The van der Waals surface area contributed by atoms with Crippen LogP contribution < -0.4 is 10.1 Å². The lowest BCUT2D eigenvalue weighted by molar-refractivity contribution is 0.387. The van der Waals surface area contributed by atoms with Crippen LogP contribution >= 0.6 is 11.6 Å². The summed E-state index contributed by atoms with van der Waals surface area (Å²) < 4.78 is 19.3.